The Balaban J connectivity index is 0.000000196. The summed E-state index contributed by atoms with van der Waals surface area (Å²) in [4.78, 5) is 0. The van der Waals surface area contributed by atoms with E-state index in [0.717, 1.165) is 0 Å². The molecule has 6 aromatic rings. The van der Waals surface area contributed by atoms with Crippen LogP contribution in [0.1, 0.15) is 11.1 Å². The average Bonchev–Trinajstić information content (AvgIpc) is 3.55. The second kappa shape index (κ2) is 15.1. The summed E-state index contributed by atoms with van der Waals surface area (Å²) in [6.45, 7) is 4.30. The van der Waals surface area contributed by atoms with Gasteiger partial charge in [-0.3, -0.25) is 0 Å². The minimum atomic E-state index is -0.439. The van der Waals surface area contributed by atoms with Gasteiger partial charge in [-0.15, -0.1) is 59.3 Å². The van der Waals surface area contributed by atoms with Gasteiger partial charge in [0.15, 0.2) is 0 Å². The zero-order chi connectivity index (χ0) is 23.8. The first-order valence-corrected chi connectivity index (χ1v) is 18.4. The van der Waals surface area contributed by atoms with Gasteiger partial charge in [-0.05, 0) is 0 Å². The number of halogens is 2. The van der Waals surface area contributed by atoms with Crippen molar-refractivity contribution >= 4 is 37.4 Å². The van der Waals surface area contributed by atoms with Crippen LogP contribution in [-0.4, -0.2) is 5.49 Å². The molecular weight excluding hydrogens is 662 g/mol. The maximum absolute atomic E-state index is 2.30. The molecule has 36 heavy (non-hydrogen) atoms. The molecule has 0 aromatic heterocycles. The van der Waals surface area contributed by atoms with Crippen LogP contribution in [0.15, 0.2) is 133 Å². The van der Waals surface area contributed by atoms with Crippen molar-refractivity contribution in [3.05, 3.63) is 145 Å². The number of fused-ring (bicyclic) bond motifs is 2. The van der Waals surface area contributed by atoms with Gasteiger partial charge in [0.25, 0.3) is 0 Å². The zero-order valence-electron chi connectivity index (χ0n) is 20.5. The van der Waals surface area contributed by atoms with Crippen molar-refractivity contribution in [3.63, 3.8) is 0 Å². The Hall–Kier alpha value is -2.23. The summed E-state index contributed by atoms with van der Waals surface area (Å²) >= 11 is 1.26. The Labute approximate surface area is 242 Å². The molecule has 0 saturated heterocycles. The molecule has 180 valence electrons. The predicted molar refractivity (Wildman–Crippen MR) is 146 cm³/mol. The van der Waals surface area contributed by atoms with E-state index < -0.39 is 5.49 Å². The standard InChI is InChI=1S/C14H14Si.2C9H7.2ClH.Hf/c1-11-3-7-13(8-4-11)15-14-9-5-12(2)6-10-14;2*1-2-5-9-7-3-6-8(9)4-1;;;/h3-10H,1-2H3;2*1-7H;2*1H;/q;2*-1;;;+2/p-2. The Morgan fingerprint density at radius 3 is 1.22 bits per heavy atom. The molecule has 0 aliphatic heterocycles. The molecule has 0 N–H and O–H groups in total. The summed E-state index contributed by atoms with van der Waals surface area (Å²) in [6, 6.07) is 47.5. The number of rotatable bonds is 2. The van der Waals surface area contributed by atoms with Crippen LogP contribution in [0, 0.1) is 13.8 Å². The second-order valence-electron chi connectivity index (χ2n) is 8.42. The predicted octanol–water partition coefficient (Wildman–Crippen LogP) is 1.08. The molecule has 0 saturated carbocycles. The molecule has 0 fully saturated rings. The van der Waals surface area contributed by atoms with Crippen molar-refractivity contribution in [2.45, 2.75) is 13.8 Å². The monoisotopic (exact) mass is 690 g/mol. The SMILES string of the molecule is Cc1ccc([Si](=[Hf+2])c2ccc(C)cc2)cc1.[Cl-].[Cl-].c1ccc2[cH-]ccc2c1.c1ccc2[cH-]ccc2c1. The molecule has 4 heteroatoms. The molecule has 6 rings (SSSR count). The van der Waals surface area contributed by atoms with Gasteiger partial charge in [-0.2, -0.15) is 35.0 Å². The van der Waals surface area contributed by atoms with E-state index in [-0.39, 0.29) is 24.8 Å². The van der Waals surface area contributed by atoms with Gasteiger partial charge in [0, 0.05) is 0 Å². The van der Waals surface area contributed by atoms with Gasteiger partial charge in [0.1, 0.15) is 0 Å². The van der Waals surface area contributed by atoms with E-state index in [0.29, 0.717) is 0 Å². The summed E-state index contributed by atoms with van der Waals surface area (Å²) in [5, 5.41) is 8.42. The first-order valence-electron chi connectivity index (χ1n) is 11.5. The number of hydrogen-bond donors (Lipinski definition) is 0. The van der Waals surface area contributed by atoms with Crippen LogP contribution in [0.25, 0.3) is 21.5 Å². The Kier molecular flexibility index (Phi) is 12.6. The Morgan fingerprint density at radius 1 is 0.500 bits per heavy atom. The van der Waals surface area contributed by atoms with Gasteiger partial charge in [0.05, 0.1) is 0 Å². The fraction of sp³-hybridized carbons (Fsp3) is 0.0625. The van der Waals surface area contributed by atoms with Gasteiger partial charge >= 0.3 is 112 Å². The van der Waals surface area contributed by atoms with Gasteiger partial charge < -0.3 is 24.8 Å². The number of benzene rings is 4. The largest absolute Gasteiger partial charge is 1.00 e. The first-order chi connectivity index (χ1) is 16.6. The summed E-state index contributed by atoms with van der Waals surface area (Å²) in [7, 11) is 0. The quantitative estimate of drug-likeness (QED) is 0.189. The van der Waals surface area contributed by atoms with Crippen molar-refractivity contribution < 1.29 is 47.8 Å². The summed E-state index contributed by atoms with van der Waals surface area (Å²) in [5.74, 6) is 0. The maximum Gasteiger partial charge on any atom is -0.0809 e. The smallest absolute Gasteiger partial charge is 0.0809 e. The first kappa shape index (κ1) is 30.0. The maximum atomic E-state index is 2.30. The molecule has 0 radical (unpaired) electrons. The molecule has 0 heterocycles. The summed E-state index contributed by atoms with van der Waals surface area (Å²) in [5.41, 5.74) is 2.26. The van der Waals surface area contributed by atoms with Crippen LogP contribution in [-0.2, 0) is 23.0 Å². The third-order valence-corrected chi connectivity index (χ3v) is 13.8. The van der Waals surface area contributed by atoms with E-state index in [1.54, 1.807) is 10.4 Å². The number of aryl methyl sites for hydroxylation is 2. The van der Waals surface area contributed by atoms with Crippen LogP contribution < -0.4 is 35.2 Å². The fourth-order valence-electron chi connectivity index (χ4n) is 3.75. The molecule has 0 aliphatic rings. The fourth-order valence-corrected chi connectivity index (χ4v) is 8.67. The van der Waals surface area contributed by atoms with Gasteiger partial charge in [-0.1, -0.05) is 12.1 Å². The van der Waals surface area contributed by atoms with Crippen molar-refractivity contribution in [2.24, 2.45) is 0 Å². The Morgan fingerprint density at radius 2 is 0.861 bits per heavy atom. The van der Waals surface area contributed by atoms with E-state index in [9.17, 15) is 0 Å². The van der Waals surface area contributed by atoms with Gasteiger partial charge in [0.2, 0.25) is 0 Å². The molecule has 0 spiro atoms. The third-order valence-electron chi connectivity index (χ3n) is 5.78. The average molecular weight is 690 g/mol. The molecule has 0 amide bonds. The normalized spacial score (nSPS) is 9.67. The molecule has 0 aliphatic carbocycles. The summed E-state index contributed by atoms with van der Waals surface area (Å²) in [6.07, 6.45) is 0. The molecule has 0 bridgehead atoms. The molecule has 0 nitrogen and oxygen atoms in total. The van der Waals surface area contributed by atoms with Crippen LogP contribution in [0.5, 0.6) is 0 Å². The van der Waals surface area contributed by atoms with Crippen LogP contribution >= 0.6 is 0 Å². The minimum absolute atomic E-state index is 0. The van der Waals surface area contributed by atoms with Crippen LogP contribution in [0.4, 0.5) is 0 Å². The number of hydrogen-bond acceptors (Lipinski definition) is 0. The molecule has 0 unspecified atom stereocenters. The van der Waals surface area contributed by atoms with Crippen molar-refractivity contribution in [1.29, 1.82) is 0 Å². The van der Waals surface area contributed by atoms with E-state index in [1.807, 2.05) is 0 Å². The minimum Gasteiger partial charge on any atom is -1.00 e. The van der Waals surface area contributed by atoms with Crippen LogP contribution in [0.3, 0.4) is 0 Å². The third kappa shape index (κ3) is 8.42. The Bertz CT molecular complexity index is 1300. The second-order valence-corrected chi connectivity index (χ2v) is 15.7. The molecule has 0 atom stereocenters. The van der Waals surface area contributed by atoms with E-state index >= 15 is 0 Å². The van der Waals surface area contributed by atoms with E-state index in [2.05, 4.69) is 147 Å². The molecular formula is C32H28Cl2HfSi-2. The van der Waals surface area contributed by atoms with E-state index in [4.69, 9.17) is 0 Å². The van der Waals surface area contributed by atoms with Crippen molar-refractivity contribution in [3.8, 4) is 0 Å². The van der Waals surface area contributed by atoms with Gasteiger partial charge in [-0.25, -0.2) is 0 Å². The van der Waals surface area contributed by atoms with E-state index in [1.165, 1.54) is 55.7 Å². The van der Waals surface area contributed by atoms with Crippen LogP contribution in [0.2, 0.25) is 0 Å². The zero-order valence-corrected chi connectivity index (χ0v) is 26.6. The topological polar surface area (TPSA) is 0 Å². The molecule has 6 aromatic carbocycles. The summed E-state index contributed by atoms with van der Waals surface area (Å²) < 4.78 is 0. The van der Waals surface area contributed by atoms with Crippen molar-refractivity contribution in [1.82, 2.24) is 0 Å². The van der Waals surface area contributed by atoms with Crippen molar-refractivity contribution in [2.75, 3.05) is 0 Å².